The van der Waals surface area contributed by atoms with E-state index in [0.717, 1.165) is 24.8 Å². The molecule has 2 unspecified atom stereocenters. The van der Waals surface area contributed by atoms with Gasteiger partial charge in [0.05, 0.1) is 10.6 Å². The highest BCUT2D eigenvalue weighted by atomic mass is 32.1. The fourth-order valence-electron chi connectivity index (χ4n) is 2.40. The highest BCUT2D eigenvalue weighted by Gasteiger charge is 2.30. The molecule has 1 aliphatic rings. The van der Waals surface area contributed by atoms with Crippen molar-refractivity contribution in [1.29, 1.82) is 0 Å². The summed E-state index contributed by atoms with van der Waals surface area (Å²) in [5.41, 5.74) is 7.25. The van der Waals surface area contributed by atoms with Crippen LogP contribution in [0.4, 0.5) is 0 Å². The Morgan fingerprint density at radius 2 is 2.28 bits per heavy atom. The van der Waals surface area contributed by atoms with Crippen molar-refractivity contribution >= 4 is 23.1 Å². The third-order valence-corrected chi connectivity index (χ3v) is 3.64. The maximum atomic E-state index is 12.1. The summed E-state index contributed by atoms with van der Waals surface area (Å²) in [7, 11) is 0. The molecule has 0 radical (unpaired) electrons. The van der Waals surface area contributed by atoms with Crippen molar-refractivity contribution in [3.63, 3.8) is 0 Å². The highest BCUT2D eigenvalue weighted by molar-refractivity contribution is 7.80. The van der Waals surface area contributed by atoms with Crippen LogP contribution in [0, 0.1) is 12.8 Å². The Morgan fingerprint density at radius 1 is 1.50 bits per heavy atom. The van der Waals surface area contributed by atoms with Crippen LogP contribution in [0.5, 0.6) is 0 Å². The third kappa shape index (κ3) is 2.85. The number of thiocarbonyl (C=S) groups is 1. The lowest BCUT2D eigenvalue weighted by Gasteiger charge is -2.19. The number of aromatic nitrogens is 1. The lowest BCUT2D eigenvalue weighted by molar-refractivity contribution is 0.0933. The quantitative estimate of drug-likeness (QED) is 0.812. The van der Waals surface area contributed by atoms with Gasteiger partial charge in [-0.2, -0.15) is 0 Å². The summed E-state index contributed by atoms with van der Waals surface area (Å²) in [4.78, 5) is 16.6. The van der Waals surface area contributed by atoms with Crippen molar-refractivity contribution < 1.29 is 4.79 Å². The predicted molar refractivity (Wildman–Crippen MR) is 74.4 cm³/mol. The largest absolute Gasteiger partial charge is 0.393 e. The normalized spacial score (nSPS) is 22.7. The van der Waals surface area contributed by atoms with Gasteiger partial charge in [0, 0.05) is 24.4 Å². The van der Waals surface area contributed by atoms with Gasteiger partial charge in [-0.1, -0.05) is 18.6 Å². The van der Waals surface area contributed by atoms with E-state index in [1.165, 1.54) is 0 Å². The maximum absolute atomic E-state index is 12.1. The molecule has 1 saturated carbocycles. The summed E-state index contributed by atoms with van der Waals surface area (Å²) < 4.78 is 0. The second kappa shape index (κ2) is 5.44. The molecule has 0 spiro atoms. The van der Waals surface area contributed by atoms with Crippen LogP contribution in [0.15, 0.2) is 18.5 Å². The fraction of sp³-hybridized carbons (Fsp3) is 0.462. The number of aryl methyl sites for hydroxylation is 1. The molecule has 18 heavy (non-hydrogen) atoms. The number of amides is 1. The maximum Gasteiger partial charge on any atom is 0.253 e. The summed E-state index contributed by atoms with van der Waals surface area (Å²) >= 11 is 5.04. The number of hydrogen-bond acceptors (Lipinski definition) is 3. The van der Waals surface area contributed by atoms with Gasteiger partial charge in [-0.25, -0.2) is 0 Å². The molecule has 0 aromatic carbocycles. The van der Waals surface area contributed by atoms with Gasteiger partial charge in [-0.05, 0) is 31.4 Å². The third-order valence-electron chi connectivity index (χ3n) is 3.34. The number of nitrogens with one attached hydrogen (secondary N) is 1. The minimum atomic E-state index is -0.0978. The molecule has 4 nitrogen and oxygen atoms in total. The fourth-order valence-corrected chi connectivity index (χ4v) is 2.69. The Kier molecular flexibility index (Phi) is 3.91. The molecule has 3 N–H and O–H groups in total. The van der Waals surface area contributed by atoms with Gasteiger partial charge in [0.2, 0.25) is 0 Å². The summed E-state index contributed by atoms with van der Waals surface area (Å²) in [5.74, 6) is 0.0288. The van der Waals surface area contributed by atoms with E-state index in [-0.39, 0.29) is 17.9 Å². The minimum Gasteiger partial charge on any atom is -0.393 e. The first-order valence-corrected chi connectivity index (χ1v) is 6.50. The van der Waals surface area contributed by atoms with Crippen molar-refractivity contribution in [2.24, 2.45) is 11.7 Å². The van der Waals surface area contributed by atoms with E-state index in [0.29, 0.717) is 10.6 Å². The molecular formula is C13H17N3OS. The predicted octanol–water partition coefficient (Wildman–Crippen LogP) is 1.57. The van der Waals surface area contributed by atoms with Crippen LogP contribution < -0.4 is 11.1 Å². The molecule has 1 aromatic rings. The molecule has 1 fully saturated rings. The van der Waals surface area contributed by atoms with Crippen molar-refractivity contribution in [2.75, 3.05) is 0 Å². The van der Waals surface area contributed by atoms with Gasteiger partial charge in [0.1, 0.15) is 0 Å². The second-order valence-corrected chi connectivity index (χ2v) is 5.24. The zero-order valence-electron chi connectivity index (χ0n) is 10.3. The first-order valence-electron chi connectivity index (χ1n) is 6.10. The standard InChI is InChI=1S/C13H17N3OS/c1-8-5-9(7-15-6-8)13(17)16-11-4-2-3-10(11)12(14)18/h5-7,10-11H,2-4H2,1H3,(H2,14,18)(H,16,17). The Morgan fingerprint density at radius 3 is 2.94 bits per heavy atom. The van der Waals surface area contributed by atoms with E-state index in [2.05, 4.69) is 10.3 Å². The number of nitrogens with zero attached hydrogens (tertiary/aromatic N) is 1. The molecule has 0 bridgehead atoms. The van der Waals surface area contributed by atoms with Gasteiger partial charge < -0.3 is 11.1 Å². The highest BCUT2D eigenvalue weighted by Crippen LogP contribution is 2.26. The summed E-state index contributed by atoms with van der Waals surface area (Å²) in [6.45, 7) is 1.91. The van der Waals surface area contributed by atoms with Crippen LogP contribution in [0.1, 0.15) is 35.2 Å². The van der Waals surface area contributed by atoms with Crippen LogP contribution in [0.3, 0.4) is 0 Å². The molecule has 2 atom stereocenters. The molecule has 0 aliphatic heterocycles. The zero-order valence-corrected chi connectivity index (χ0v) is 11.2. The molecule has 1 heterocycles. The van der Waals surface area contributed by atoms with Crippen LogP contribution in [0.2, 0.25) is 0 Å². The van der Waals surface area contributed by atoms with Gasteiger partial charge >= 0.3 is 0 Å². The van der Waals surface area contributed by atoms with Gasteiger partial charge in [0.15, 0.2) is 0 Å². The SMILES string of the molecule is Cc1cncc(C(=O)NC2CCCC2C(N)=S)c1. The first-order chi connectivity index (χ1) is 8.58. The van der Waals surface area contributed by atoms with Gasteiger partial charge in [-0.15, -0.1) is 0 Å². The number of carbonyl (C=O) groups is 1. The topological polar surface area (TPSA) is 68.0 Å². The van der Waals surface area contributed by atoms with Crippen LogP contribution in [0.25, 0.3) is 0 Å². The van der Waals surface area contributed by atoms with Crippen LogP contribution >= 0.6 is 12.2 Å². The first kappa shape index (κ1) is 13.0. The Bertz CT molecular complexity index is 475. The monoisotopic (exact) mass is 263 g/mol. The van der Waals surface area contributed by atoms with Crippen LogP contribution in [-0.4, -0.2) is 21.9 Å². The molecule has 1 aliphatic carbocycles. The lowest BCUT2D eigenvalue weighted by atomic mass is 10.0. The lowest BCUT2D eigenvalue weighted by Crippen LogP contribution is -2.41. The second-order valence-electron chi connectivity index (χ2n) is 4.77. The summed E-state index contributed by atoms with van der Waals surface area (Å²) in [6.07, 6.45) is 6.26. The van der Waals surface area contributed by atoms with Gasteiger partial charge in [0.25, 0.3) is 5.91 Å². The molecule has 1 amide bonds. The van der Waals surface area contributed by atoms with E-state index >= 15 is 0 Å². The zero-order chi connectivity index (χ0) is 13.1. The van der Waals surface area contributed by atoms with Crippen LogP contribution in [-0.2, 0) is 0 Å². The number of hydrogen-bond donors (Lipinski definition) is 2. The smallest absolute Gasteiger partial charge is 0.253 e. The number of rotatable bonds is 3. The average molecular weight is 263 g/mol. The van der Waals surface area contributed by atoms with Gasteiger partial charge in [-0.3, -0.25) is 9.78 Å². The molecule has 5 heteroatoms. The average Bonchev–Trinajstić information content (AvgIpc) is 2.77. The Labute approximate surface area is 112 Å². The van der Waals surface area contributed by atoms with E-state index < -0.39 is 0 Å². The van der Waals surface area contributed by atoms with E-state index in [1.54, 1.807) is 12.4 Å². The minimum absolute atomic E-state index is 0.0653. The Hall–Kier alpha value is -1.49. The summed E-state index contributed by atoms with van der Waals surface area (Å²) in [5, 5.41) is 3.01. The van der Waals surface area contributed by atoms with E-state index in [9.17, 15) is 4.79 Å². The molecule has 0 saturated heterocycles. The number of carbonyl (C=O) groups excluding carboxylic acids is 1. The van der Waals surface area contributed by atoms with Crippen molar-refractivity contribution in [1.82, 2.24) is 10.3 Å². The Balaban J connectivity index is 2.05. The molecular weight excluding hydrogens is 246 g/mol. The van der Waals surface area contributed by atoms with Crippen molar-refractivity contribution in [3.05, 3.63) is 29.6 Å². The van der Waals surface area contributed by atoms with E-state index in [1.807, 2.05) is 13.0 Å². The van der Waals surface area contributed by atoms with Crippen molar-refractivity contribution in [3.8, 4) is 0 Å². The van der Waals surface area contributed by atoms with Crippen molar-refractivity contribution in [2.45, 2.75) is 32.2 Å². The number of pyridine rings is 1. The number of nitrogens with two attached hydrogens (primary N) is 1. The molecule has 2 rings (SSSR count). The molecule has 1 aromatic heterocycles. The summed E-state index contributed by atoms with van der Waals surface area (Å²) in [6, 6.07) is 1.89. The van der Waals surface area contributed by atoms with E-state index in [4.69, 9.17) is 18.0 Å². The molecule has 96 valence electrons.